The number of aryl methyl sites for hydroxylation is 1. The van der Waals surface area contributed by atoms with E-state index < -0.39 is 16.1 Å². The molecular weight excluding hydrogens is 530 g/mol. The maximum absolute atomic E-state index is 13.8. The molecule has 2 amide bonds. The summed E-state index contributed by atoms with van der Waals surface area (Å²) < 4.78 is 39.3. The molecule has 1 saturated heterocycles. The van der Waals surface area contributed by atoms with Crippen LogP contribution < -0.4 is 19.7 Å². The summed E-state index contributed by atoms with van der Waals surface area (Å²) in [6, 6.07) is 21.6. The van der Waals surface area contributed by atoms with E-state index in [1.807, 2.05) is 36.4 Å². The lowest BCUT2D eigenvalue weighted by Crippen LogP contribution is -2.53. The van der Waals surface area contributed by atoms with E-state index in [0.29, 0.717) is 36.6 Å². The molecular formula is C30H33N3O6S. The maximum atomic E-state index is 13.8. The fourth-order valence-corrected chi connectivity index (χ4v) is 6.76. The Hall–Kier alpha value is -3.89. The van der Waals surface area contributed by atoms with Gasteiger partial charge in [0.25, 0.3) is 5.91 Å². The van der Waals surface area contributed by atoms with Crippen molar-refractivity contribution in [3.8, 4) is 11.5 Å². The summed E-state index contributed by atoms with van der Waals surface area (Å²) in [6.45, 7) is 2.71. The van der Waals surface area contributed by atoms with E-state index in [2.05, 4.69) is 5.32 Å². The Labute approximate surface area is 234 Å². The van der Waals surface area contributed by atoms with Gasteiger partial charge >= 0.3 is 0 Å². The second-order valence-corrected chi connectivity index (χ2v) is 12.0. The molecule has 0 bridgehead atoms. The van der Waals surface area contributed by atoms with Crippen molar-refractivity contribution in [2.45, 2.75) is 37.3 Å². The van der Waals surface area contributed by atoms with Crippen molar-refractivity contribution in [2.24, 2.45) is 5.92 Å². The summed E-state index contributed by atoms with van der Waals surface area (Å²) in [5, 5.41) is 2.90. The first-order valence-corrected chi connectivity index (χ1v) is 14.8. The van der Waals surface area contributed by atoms with E-state index in [0.717, 1.165) is 11.1 Å². The number of para-hydroxylation sites is 2. The van der Waals surface area contributed by atoms with Crippen LogP contribution in [-0.4, -0.2) is 57.4 Å². The topological polar surface area (TPSA) is 105 Å². The van der Waals surface area contributed by atoms with Gasteiger partial charge in [-0.1, -0.05) is 42.5 Å². The van der Waals surface area contributed by atoms with Gasteiger partial charge in [0, 0.05) is 25.6 Å². The van der Waals surface area contributed by atoms with Crippen LogP contribution in [0.25, 0.3) is 0 Å². The first-order chi connectivity index (χ1) is 19.3. The lowest BCUT2D eigenvalue weighted by Gasteiger charge is -2.38. The van der Waals surface area contributed by atoms with Gasteiger partial charge in [-0.05, 0) is 61.2 Å². The molecule has 5 rings (SSSR count). The molecule has 0 aromatic heterocycles. The SMILES string of the molecule is COc1ccc(S(=O)(=O)N2CCC(C(=O)N3CC(C(=O)NCc4ccccc4)Oc4ccccc43)CC2)cc1C. The van der Waals surface area contributed by atoms with Crippen LogP contribution in [0.2, 0.25) is 0 Å². The highest BCUT2D eigenvalue weighted by atomic mass is 32.2. The number of amides is 2. The third kappa shape index (κ3) is 5.68. The first kappa shape index (κ1) is 27.7. The van der Waals surface area contributed by atoms with Crippen LogP contribution in [0.1, 0.15) is 24.0 Å². The van der Waals surface area contributed by atoms with E-state index in [9.17, 15) is 18.0 Å². The molecule has 2 aliphatic rings. The smallest absolute Gasteiger partial charge is 0.263 e. The standard InChI is InChI=1S/C30H33N3O6S/c1-21-18-24(12-13-26(21)38-2)40(36,37)32-16-14-23(15-17-32)30(35)33-20-28(39-27-11-7-6-10-25(27)33)29(34)31-19-22-8-4-3-5-9-22/h3-13,18,23,28H,14-17,19-20H2,1-2H3,(H,31,34). The Bertz CT molecular complexity index is 1490. The molecule has 210 valence electrons. The van der Waals surface area contributed by atoms with Gasteiger partial charge in [-0.2, -0.15) is 4.31 Å². The number of nitrogens with zero attached hydrogens (tertiary/aromatic N) is 2. The average Bonchev–Trinajstić information content (AvgIpc) is 2.99. The highest BCUT2D eigenvalue weighted by Crippen LogP contribution is 2.36. The summed E-state index contributed by atoms with van der Waals surface area (Å²) in [7, 11) is -2.16. The number of hydrogen-bond donors (Lipinski definition) is 1. The lowest BCUT2D eigenvalue weighted by molar-refractivity contribution is -0.129. The second-order valence-electron chi connectivity index (χ2n) is 10.0. The molecule has 3 aromatic carbocycles. The van der Waals surface area contributed by atoms with Crippen molar-refractivity contribution in [3.63, 3.8) is 0 Å². The highest BCUT2D eigenvalue weighted by molar-refractivity contribution is 7.89. The number of sulfonamides is 1. The number of methoxy groups -OCH3 is 1. The van der Waals surface area contributed by atoms with Crippen LogP contribution in [0.4, 0.5) is 5.69 Å². The van der Waals surface area contributed by atoms with Crippen LogP contribution in [0, 0.1) is 12.8 Å². The summed E-state index contributed by atoms with van der Waals surface area (Å²) in [4.78, 5) is 28.6. The molecule has 2 aliphatic heterocycles. The molecule has 3 aromatic rings. The zero-order valence-electron chi connectivity index (χ0n) is 22.6. The highest BCUT2D eigenvalue weighted by Gasteiger charge is 2.39. The Kier molecular flexibility index (Phi) is 8.09. The molecule has 1 fully saturated rings. The van der Waals surface area contributed by atoms with Gasteiger partial charge in [0.05, 0.1) is 24.2 Å². The second kappa shape index (κ2) is 11.7. The number of fused-ring (bicyclic) bond motifs is 1. The summed E-state index contributed by atoms with van der Waals surface area (Å²) in [5.41, 5.74) is 2.32. The van der Waals surface area contributed by atoms with Gasteiger partial charge in [0.1, 0.15) is 11.5 Å². The van der Waals surface area contributed by atoms with Crippen molar-refractivity contribution in [2.75, 3.05) is 31.6 Å². The molecule has 40 heavy (non-hydrogen) atoms. The van der Waals surface area contributed by atoms with Crippen LogP contribution in [-0.2, 0) is 26.2 Å². The van der Waals surface area contributed by atoms with Gasteiger partial charge in [0.15, 0.2) is 6.10 Å². The number of ether oxygens (including phenoxy) is 2. The summed E-state index contributed by atoms with van der Waals surface area (Å²) >= 11 is 0. The van der Waals surface area contributed by atoms with Gasteiger partial charge in [-0.25, -0.2) is 8.42 Å². The van der Waals surface area contributed by atoms with Gasteiger partial charge < -0.3 is 19.7 Å². The largest absolute Gasteiger partial charge is 0.496 e. The van der Waals surface area contributed by atoms with E-state index >= 15 is 0 Å². The number of carbonyl (C=O) groups excluding carboxylic acids is 2. The van der Waals surface area contributed by atoms with Crippen molar-refractivity contribution < 1.29 is 27.5 Å². The Morgan fingerprint density at radius 1 is 1.00 bits per heavy atom. The van der Waals surface area contributed by atoms with Crippen LogP contribution in [0.5, 0.6) is 11.5 Å². The molecule has 1 N–H and O–H groups in total. The molecule has 0 aliphatic carbocycles. The number of piperidine rings is 1. The number of anilines is 1. The summed E-state index contributed by atoms with van der Waals surface area (Å²) in [6.07, 6.45) is -0.0869. The van der Waals surface area contributed by atoms with Crippen molar-refractivity contribution >= 4 is 27.5 Å². The zero-order valence-corrected chi connectivity index (χ0v) is 23.4. The van der Waals surface area contributed by atoms with Crippen LogP contribution in [0.15, 0.2) is 77.7 Å². The molecule has 2 heterocycles. The Morgan fingerprint density at radius 3 is 2.40 bits per heavy atom. The van der Waals surface area contributed by atoms with E-state index in [-0.39, 0.29) is 42.3 Å². The first-order valence-electron chi connectivity index (χ1n) is 13.3. The van der Waals surface area contributed by atoms with Gasteiger partial charge in [-0.15, -0.1) is 0 Å². The Morgan fingerprint density at radius 2 is 1.70 bits per heavy atom. The van der Waals surface area contributed by atoms with Crippen LogP contribution in [0.3, 0.4) is 0 Å². The van der Waals surface area contributed by atoms with Crippen LogP contribution >= 0.6 is 0 Å². The Balaban J connectivity index is 1.26. The molecule has 10 heteroatoms. The average molecular weight is 564 g/mol. The minimum atomic E-state index is -3.70. The number of benzene rings is 3. The predicted octanol–water partition coefficient (Wildman–Crippen LogP) is 3.51. The van der Waals surface area contributed by atoms with Crippen molar-refractivity contribution in [1.82, 2.24) is 9.62 Å². The lowest BCUT2D eigenvalue weighted by atomic mass is 9.95. The fraction of sp³-hybridized carbons (Fsp3) is 0.333. The predicted molar refractivity (Wildman–Crippen MR) is 151 cm³/mol. The molecule has 0 spiro atoms. The molecule has 1 atom stereocenters. The number of rotatable bonds is 7. The quantitative estimate of drug-likeness (QED) is 0.472. The normalized spacial score (nSPS) is 17.9. The third-order valence-electron chi connectivity index (χ3n) is 7.45. The monoisotopic (exact) mass is 563 g/mol. The minimum absolute atomic E-state index is 0.0834. The third-order valence-corrected chi connectivity index (χ3v) is 9.34. The van der Waals surface area contributed by atoms with Crippen molar-refractivity contribution in [3.05, 3.63) is 83.9 Å². The zero-order chi connectivity index (χ0) is 28.3. The molecule has 1 unspecified atom stereocenters. The van der Waals surface area contributed by atoms with E-state index in [1.165, 1.54) is 4.31 Å². The van der Waals surface area contributed by atoms with Gasteiger partial charge in [0.2, 0.25) is 15.9 Å². The molecule has 0 radical (unpaired) electrons. The van der Waals surface area contributed by atoms with E-state index in [4.69, 9.17) is 9.47 Å². The summed E-state index contributed by atoms with van der Waals surface area (Å²) in [5.74, 6) is 0.294. The van der Waals surface area contributed by atoms with Crippen molar-refractivity contribution in [1.29, 1.82) is 0 Å². The number of nitrogens with one attached hydrogen (secondary N) is 1. The van der Waals surface area contributed by atoms with E-state index in [1.54, 1.807) is 55.3 Å². The number of carbonyl (C=O) groups is 2. The fourth-order valence-electron chi connectivity index (χ4n) is 5.20. The molecule has 9 nitrogen and oxygen atoms in total. The number of hydrogen-bond acceptors (Lipinski definition) is 6. The minimum Gasteiger partial charge on any atom is -0.496 e. The maximum Gasteiger partial charge on any atom is 0.263 e. The molecule has 0 saturated carbocycles. The van der Waals surface area contributed by atoms with Gasteiger partial charge in [-0.3, -0.25) is 9.59 Å².